The zero-order valence-corrected chi connectivity index (χ0v) is 8.93. The van der Waals surface area contributed by atoms with E-state index in [-0.39, 0.29) is 0 Å². The van der Waals surface area contributed by atoms with Crippen molar-refractivity contribution in [3.8, 4) is 0 Å². The molecule has 3 nitrogen and oxygen atoms in total. The van der Waals surface area contributed by atoms with Crippen LogP contribution in [0.4, 0.5) is 0 Å². The zero-order valence-electron chi connectivity index (χ0n) is 8.12. The van der Waals surface area contributed by atoms with Crippen molar-refractivity contribution in [2.45, 2.75) is 32.6 Å². The monoisotopic (exact) mass is 205 g/mol. The molecular weight excluding hydrogens is 189 g/mol. The van der Waals surface area contributed by atoms with E-state index in [2.05, 4.69) is 6.92 Å². The minimum Gasteiger partial charge on any atom is -0.387 e. The van der Waals surface area contributed by atoms with Gasteiger partial charge in [-0.25, -0.2) is 0 Å². The van der Waals surface area contributed by atoms with Crippen LogP contribution in [0.5, 0.6) is 0 Å². The van der Waals surface area contributed by atoms with Crippen LogP contribution in [0.2, 0.25) is 0 Å². The normalized spacial score (nSPS) is 24.8. The highest BCUT2D eigenvalue weighted by Gasteiger charge is 2.12. The summed E-state index contributed by atoms with van der Waals surface area (Å²) in [5, 5.41) is 0. The van der Waals surface area contributed by atoms with Crippen LogP contribution in [0, 0.1) is 5.92 Å². The molecule has 0 N–H and O–H groups in total. The Morgan fingerprint density at radius 2 is 2.15 bits per heavy atom. The van der Waals surface area contributed by atoms with Crippen molar-refractivity contribution in [2.24, 2.45) is 5.92 Å². The van der Waals surface area contributed by atoms with Gasteiger partial charge in [0.1, 0.15) is 5.76 Å². The van der Waals surface area contributed by atoms with Gasteiger partial charge < -0.3 is 4.18 Å². The molecule has 0 aromatic rings. The van der Waals surface area contributed by atoms with Gasteiger partial charge in [0.05, 0.1) is 6.26 Å². The van der Waals surface area contributed by atoms with Crippen LogP contribution in [-0.2, 0) is 14.3 Å². The van der Waals surface area contributed by atoms with E-state index in [1.54, 1.807) is 0 Å². The highest BCUT2D eigenvalue weighted by molar-refractivity contribution is 7.86. The van der Waals surface area contributed by atoms with E-state index in [1.165, 1.54) is 0 Å². The molecule has 0 aromatic heterocycles. The second kappa shape index (κ2) is 4.13. The maximum atomic E-state index is 10.8. The first-order valence-corrected chi connectivity index (χ1v) is 6.37. The van der Waals surface area contributed by atoms with Gasteiger partial charge in [-0.2, -0.15) is 8.42 Å². The highest BCUT2D eigenvalue weighted by Crippen LogP contribution is 2.23. The molecule has 0 heterocycles. The van der Waals surface area contributed by atoms with Gasteiger partial charge in [-0.05, 0) is 31.3 Å². The second-order valence-electron chi connectivity index (χ2n) is 3.68. The average molecular weight is 205 g/mol. The first-order valence-electron chi connectivity index (χ1n) is 4.56. The van der Waals surface area contributed by atoms with Crippen LogP contribution >= 0.6 is 0 Å². The third-order valence-electron chi connectivity index (χ3n) is 2.17. The van der Waals surface area contributed by atoms with Crippen molar-refractivity contribution in [1.82, 2.24) is 0 Å². The Morgan fingerprint density at radius 3 is 2.77 bits per heavy atom. The summed E-state index contributed by atoms with van der Waals surface area (Å²) < 4.78 is 26.5. The number of hydrogen-bond acceptors (Lipinski definition) is 3. The van der Waals surface area contributed by atoms with Gasteiger partial charge in [-0.15, -0.1) is 0 Å². The lowest BCUT2D eigenvalue weighted by molar-refractivity contribution is 0.384. The SMILES string of the molecule is CC1CC[13CH]=C(OS(C)(=O)=O)CC1. The third-order valence-corrected chi connectivity index (χ3v) is 2.69. The Kier molecular flexibility index (Phi) is 3.36. The number of rotatable bonds is 2. The van der Waals surface area contributed by atoms with Crippen molar-refractivity contribution < 1.29 is 12.6 Å². The van der Waals surface area contributed by atoms with Gasteiger partial charge in [0.15, 0.2) is 0 Å². The average Bonchev–Trinajstić information content (AvgIpc) is 2.12. The predicted octanol–water partition coefficient (Wildman–Crippen LogP) is 2.06. The summed E-state index contributed by atoms with van der Waals surface area (Å²) in [6.45, 7) is 2.18. The van der Waals surface area contributed by atoms with Crippen LogP contribution in [0.15, 0.2) is 11.8 Å². The molecule has 13 heavy (non-hydrogen) atoms. The summed E-state index contributed by atoms with van der Waals surface area (Å²) in [5.41, 5.74) is 0. The molecule has 1 aliphatic rings. The van der Waals surface area contributed by atoms with Crippen molar-refractivity contribution in [2.75, 3.05) is 6.26 Å². The molecule has 0 radical (unpaired) electrons. The van der Waals surface area contributed by atoms with Gasteiger partial charge in [0.2, 0.25) is 0 Å². The molecule has 1 atom stereocenters. The van der Waals surface area contributed by atoms with Crippen LogP contribution in [-0.4, -0.2) is 14.7 Å². The Morgan fingerprint density at radius 1 is 1.46 bits per heavy atom. The summed E-state index contributed by atoms with van der Waals surface area (Å²) >= 11 is 0. The standard InChI is InChI=1S/C9H16O3S/c1-8-4-3-5-9(7-6-8)12-13(2,10)11/h5,8H,3-4,6-7H2,1-2H3/i5+1. The van der Waals surface area contributed by atoms with Crippen LogP contribution in [0.3, 0.4) is 0 Å². The molecule has 0 saturated carbocycles. The van der Waals surface area contributed by atoms with Crippen molar-refractivity contribution in [3.05, 3.63) is 11.8 Å². The van der Waals surface area contributed by atoms with E-state index in [9.17, 15) is 8.42 Å². The van der Waals surface area contributed by atoms with E-state index in [1.807, 2.05) is 6.08 Å². The second-order valence-corrected chi connectivity index (χ2v) is 5.25. The molecule has 0 fully saturated rings. The third kappa shape index (κ3) is 4.31. The zero-order chi connectivity index (χ0) is 9.90. The van der Waals surface area contributed by atoms with Crippen LogP contribution < -0.4 is 0 Å². The topological polar surface area (TPSA) is 43.4 Å². The summed E-state index contributed by atoms with van der Waals surface area (Å²) in [5.74, 6) is 1.28. The fourth-order valence-corrected chi connectivity index (χ4v) is 1.97. The molecule has 1 rings (SSSR count). The lowest BCUT2D eigenvalue weighted by atomic mass is 10.0. The minimum absolute atomic E-state index is 0.617. The summed E-state index contributed by atoms with van der Waals surface area (Å²) in [6, 6.07) is 0. The quantitative estimate of drug-likeness (QED) is 0.512. The Labute approximate surface area is 79.9 Å². The van der Waals surface area contributed by atoms with Gasteiger partial charge >= 0.3 is 10.1 Å². The van der Waals surface area contributed by atoms with E-state index in [4.69, 9.17) is 4.18 Å². The van der Waals surface area contributed by atoms with Crippen LogP contribution in [0.1, 0.15) is 32.6 Å². The number of allylic oxidation sites excluding steroid dienone is 2. The maximum Gasteiger partial charge on any atom is 0.305 e. The fraction of sp³-hybridized carbons (Fsp3) is 0.778. The predicted molar refractivity (Wildman–Crippen MR) is 51.6 cm³/mol. The number of hydrogen-bond donors (Lipinski definition) is 0. The van der Waals surface area contributed by atoms with E-state index < -0.39 is 10.1 Å². The molecular formula is C9H16O3S. The summed E-state index contributed by atoms with van der Waals surface area (Å²) in [6.07, 6.45) is 6.78. The Balaban J connectivity index is 2.56. The fourth-order valence-electron chi connectivity index (χ4n) is 1.43. The minimum atomic E-state index is -3.33. The largest absolute Gasteiger partial charge is 0.387 e. The molecule has 0 spiro atoms. The maximum absolute atomic E-state index is 10.8. The van der Waals surface area contributed by atoms with E-state index in [0.717, 1.165) is 31.9 Å². The Hall–Kier alpha value is -0.510. The van der Waals surface area contributed by atoms with Gasteiger partial charge in [0, 0.05) is 6.42 Å². The Bertz CT molecular complexity index is 290. The highest BCUT2D eigenvalue weighted by atomic mass is 32.2. The molecule has 76 valence electrons. The summed E-state index contributed by atoms with van der Waals surface area (Å²) in [7, 11) is -3.33. The molecule has 0 amide bonds. The molecule has 0 aliphatic heterocycles. The lowest BCUT2D eigenvalue weighted by Gasteiger charge is -2.07. The van der Waals surface area contributed by atoms with Crippen molar-refractivity contribution in [1.29, 1.82) is 0 Å². The van der Waals surface area contributed by atoms with Crippen LogP contribution in [0.25, 0.3) is 0 Å². The first kappa shape index (κ1) is 10.6. The van der Waals surface area contributed by atoms with Gasteiger partial charge in [0.25, 0.3) is 0 Å². The van der Waals surface area contributed by atoms with Gasteiger partial charge in [-0.1, -0.05) is 6.92 Å². The molecule has 1 unspecified atom stereocenters. The first-order chi connectivity index (χ1) is 5.97. The molecule has 0 saturated heterocycles. The molecule has 0 bridgehead atoms. The molecule has 0 aromatic carbocycles. The lowest BCUT2D eigenvalue weighted by Crippen LogP contribution is -2.02. The summed E-state index contributed by atoms with van der Waals surface area (Å²) in [4.78, 5) is 0. The van der Waals surface area contributed by atoms with E-state index in [0.29, 0.717) is 11.7 Å². The van der Waals surface area contributed by atoms with Gasteiger partial charge in [-0.3, -0.25) is 0 Å². The van der Waals surface area contributed by atoms with Crippen molar-refractivity contribution in [3.63, 3.8) is 0 Å². The molecule has 1 aliphatic carbocycles. The molecule has 4 heteroatoms. The van der Waals surface area contributed by atoms with E-state index >= 15 is 0 Å². The smallest absolute Gasteiger partial charge is 0.305 e. The van der Waals surface area contributed by atoms with Crippen molar-refractivity contribution >= 4 is 10.1 Å².